The Kier molecular flexibility index (Phi) is 6.42. The van der Waals surface area contributed by atoms with Crippen molar-refractivity contribution in [3.8, 4) is 17.0 Å². The Morgan fingerprint density at radius 3 is 2.44 bits per heavy atom. The highest BCUT2D eigenvalue weighted by Crippen LogP contribution is 2.26. The average molecular weight is 399 g/mol. The number of benzene rings is 2. The van der Waals surface area contributed by atoms with E-state index in [2.05, 4.69) is 4.98 Å². The van der Waals surface area contributed by atoms with Gasteiger partial charge in [-0.05, 0) is 24.0 Å². The molecule has 1 aromatic heterocycles. The lowest BCUT2D eigenvalue weighted by molar-refractivity contribution is -0.686. The molecule has 0 spiro atoms. The summed E-state index contributed by atoms with van der Waals surface area (Å²) in [5.74, 6) is 0.838. The first-order valence-electron chi connectivity index (χ1n) is 7.76. The van der Waals surface area contributed by atoms with Crippen molar-refractivity contribution in [3.63, 3.8) is 0 Å². The van der Waals surface area contributed by atoms with Gasteiger partial charge in [0.15, 0.2) is 12.2 Å². The number of carbonyl (C=O) groups excluding carboxylic acids is 1. The molecule has 2 aromatic carbocycles. The number of para-hydroxylation sites is 1. The second-order valence-electron chi connectivity index (χ2n) is 5.61. The van der Waals surface area contributed by atoms with Crippen LogP contribution in [0, 0.1) is 6.92 Å². The van der Waals surface area contributed by atoms with Crippen molar-refractivity contribution in [2.75, 3.05) is 7.11 Å². The largest absolute Gasteiger partial charge is 1.00 e. The lowest BCUT2D eigenvalue weighted by Gasteiger charge is -2.05. The van der Waals surface area contributed by atoms with Crippen LogP contribution < -0.4 is 26.3 Å². The zero-order valence-corrected chi connectivity index (χ0v) is 15.7. The zero-order chi connectivity index (χ0) is 16.9. The van der Waals surface area contributed by atoms with Crippen LogP contribution in [0.2, 0.25) is 0 Å². The molecule has 128 valence electrons. The molecule has 0 bridgehead atoms. The summed E-state index contributed by atoms with van der Waals surface area (Å²) in [6, 6.07) is 17.2. The first-order chi connectivity index (χ1) is 11.7. The average Bonchev–Trinajstić information content (AvgIpc) is 2.63. The molecule has 4 nitrogen and oxygen atoms in total. The van der Waals surface area contributed by atoms with Crippen LogP contribution >= 0.6 is 0 Å². The minimum Gasteiger partial charge on any atom is -1.00 e. The fourth-order valence-electron chi connectivity index (χ4n) is 2.49. The molecule has 3 rings (SSSR count). The summed E-state index contributed by atoms with van der Waals surface area (Å²) in [7, 11) is 1.64. The fourth-order valence-corrected chi connectivity index (χ4v) is 2.49. The van der Waals surface area contributed by atoms with Gasteiger partial charge in [-0.25, -0.2) is 4.57 Å². The standard InChI is InChI=1S/C20H19N2O2.BrH/c1-15-7-9-16(10-8-15)19(23)13-22-12-11-18(21-14-22)17-5-3-4-6-20(17)24-2;/h3-12,14H,13H2,1-2H3;1H/q+1;/p-1. The number of ether oxygens (including phenoxy) is 1. The van der Waals surface area contributed by atoms with E-state index in [1.54, 1.807) is 18.0 Å². The van der Waals surface area contributed by atoms with Crippen molar-refractivity contribution in [2.24, 2.45) is 0 Å². The molecule has 0 atom stereocenters. The van der Waals surface area contributed by atoms with E-state index >= 15 is 0 Å². The lowest BCUT2D eigenvalue weighted by Crippen LogP contribution is -3.00. The Balaban J connectivity index is 0.00000225. The molecule has 0 fully saturated rings. The molecule has 5 heteroatoms. The number of halogens is 1. The Morgan fingerprint density at radius 1 is 1.08 bits per heavy atom. The van der Waals surface area contributed by atoms with Crippen LogP contribution in [-0.2, 0) is 6.54 Å². The highest BCUT2D eigenvalue weighted by molar-refractivity contribution is 5.95. The molecular weight excluding hydrogens is 380 g/mol. The van der Waals surface area contributed by atoms with Crippen molar-refractivity contribution in [3.05, 3.63) is 78.2 Å². The number of hydrogen-bond donors (Lipinski definition) is 0. The van der Waals surface area contributed by atoms with Gasteiger partial charge in [0.1, 0.15) is 5.75 Å². The van der Waals surface area contributed by atoms with Crippen molar-refractivity contribution >= 4 is 5.78 Å². The number of rotatable bonds is 5. The van der Waals surface area contributed by atoms with Gasteiger partial charge < -0.3 is 21.7 Å². The van der Waals surface area contributed by atoms with Crippen molar-refractivity contribution in [1.29, 1.82) is 0 Å². The maximum absolute atomic E-state index is 12.3. The molecule has 0 unspecified atom stereocenters. The molecule has 25 heavy (non-hydrogen) atoms. The number of aromatic nitrogens is 2. The van der Waals surface area contributed by atoms with E-state index in [4.69, 9.17) is 4.74 Å². The smallest absolute Gasteiger partial charge is 0.287 e. The predicted molar refractivity (Wildman–Crippen MR) is 91.9 cm³/mol. The molecule has 0 saturated carbocycles. The topological polar surface area (TPSA) is 43.1 Å². The van der Waals surface area contributed by atoms with Gasteiger partial charge in [-0.3, -0.25) is 4.79 Å². The molecule has 0 aliphatic rings. The summed E-state index contributed by atoms with van der Waals surface area (Å²) >= 11 is 0. The normalized spacial score (nSPS) is 10.0. The summed E-state index contributed by atoms with van der Waals surface area (Å²) in [5, 5.41) is 0. The quantitative estimate of drug-likeness (QED) is 0.456. The van der Waals surface area contributed by atoms with Crippen molar-refractivity contribution < 1.29 is 31.1 Å². The van der Waals surface area contributed by atoms with Crippen LogP contribution in [0.1, 0.15) is 15.9 Å². The summed E-state index contributed by atoms with van der Waals surface area (Å²) in [5.41, 5.74) is 3.59. The number of nitrogens with zero attached hydrogens (tertiary/aromatic N) is 2. The molecule has 0 aliphatic carbocycles. The molecule has 0 N–H and O–H groups in total. The van der Waals surface area contributed by atoms with E-state index in [0.29, 0.717) is 5.56 Å². The molecule has 0 aliphatic heterocycles. The Bertz CT molecular complexity index is 846. The van der Waals surface area contributed by atoms with E-state index in [-0.39, 0.29) is 29.3 Å². The maximum Gasteiger partial charge on any atom is 0.287 e. The highest BCUT2D eigenvalue weighted by atomic mass is 79.9. The van der Waals surface area contributed by atoms with Gasteiger partial charge in [0, 0.05) is 11.6 Å². The summed E-state index contributed by atoms with van der Waals surface area (Å²) < 4.78 is 7.14. The van der Waals surface area contributed by atoms with E-state index in [9.17, 15) is 4.79 Å². The molecule has 0 radical (unpaired) electrons. The second-order valence-corrected chi connectivity index (χ2v) is 5.61. The lowest BCUT2D eigenvalue weighted by atomic mass is 10.1. The van der Waals surface area contributed by atoms with Gasteiger partial charge in [0.05, 0.1) is 18.9 Å². The molecule has 0 amide bonds. The van der Waals surface area contributed by atoms with Gasteiger partial charge in [-0.1, -0.05) is 42.0 Å². The highest BCUT2D eigenvalue weighted by Gasteiger charge is 2.13. The predicted octanol–water partition coefficient (Wildman–Crippen LogP) is 0.240. The number of methoxy groups -OCH3 is 1. The van der Waals surface area contributed by atoms with E-state index in [1.807, 2.05) is 67.7 Å². The van der Waals surface area contributed by atoms with E-state index in [1.165, 1.54) is 0 Å². The minimum atomic E-state index is 0. The minimum absolute atomic E-state index is 0. The number of aryl methyl sites for hydroxylation is 1. The van der Waals surface area contributed by atoms with E-state index in [0.717, 1.165) is 22.6 Å². The Morgan fingerprint density at radius 2 is 1.80 bits per heavy atom. The van der Waals surface area contributed by atoms with Gasteiger partial charge in [0.25, 0.3) is 6.33 Å². The van der Waals surface area contributed by atoms with Gasteiger partial charge in [0.2, 0.25) is 5.78 Å². The fraction of sp³-hybridized carbons (Fsp3) is 0.150. The number of carbonyl (C=O) groups is 1. The number of ketones is 1. The third-order valence-corrected chi connectivity index (χ3v) is 3.85. The monoisotopic (exact) mass is 398 g/mol. The summed E-state index contributed by atoms with van der Waals surface area (Å²) in [6.07, 6.45) is 3.54. The second kappa shape index (κ2) is 8.53. The molecular formula is C20H19BrN2O2. The Hall–Kier alpha value is -2.53. The summed E-state index contributed by atoms with van der Waals surface area (Å²) in [6.45, 7) is 2.27. The van der Waals surface area contributed by atoms with Crippen LogP contribution in [0.3, 0.4) is 0 Å². The Labute approximate surface area is 157 Å². The van der Waals surface area contributed by atoms with Gasteiger partial charge in [-0.15, -0.1) is 0 Å². The van der Waals surface area contributed by atoms with Crippen LogP contribution in [0.15, 0.2) is 67.1 Å². The van der Waals surface area contributed by atoms with Crippen LogP contribution in [0.25, 0.3) is 11.3 Å². The number of Topliss-reactive ketones (excluding diaryl/α,β-unsaturated/α-hetero) is 1. The van der Waals surface area contributed by atoms with Crippen molar-refractivity contribution in [1.82, 2.24) is 4.98 Å². The SMILES string of the molecule is COc1ccccc1-c1cc[n+](CC(=O)c2ccc(C)cc2)cn1.[Br-]. The first-order valence-corrected chi connectivity index (χ1v) is 7.76. The zero-order valence-electron chi connectivity index (χ0n) is 14.1. The summed E-state index contributed by atoms with van der Waals surface area (Å²) in [4.78, 5) is 16.8. The van der Waals surface area contributed by atoms with Crippen LogP contribution in [0.5, 0.6) is 5.75 Å². The first kappa shape index (κ1) is 18.8. The number of hydrogen-bond acceptors (Lipinski definition) is 3. The third-order valence-electron chi connectivity index (χ3n) is 3.85. The van der Waals surface area contributed by atoms with Crippen LogP contribution in [-0.4, -0.2) is 17.9 Å². The third kappa shape index (κ3) is 4.51. The van der Waals surface area contributed by atoms with Crippen LogP contribution in [0.4, 0.5) is 0 Å². The van der Waals surface area contributed by atoms with Crippen molar-refractivity contribution in [2.45, 2.75) is 13.5 Å². The van der Waals surface area contributed by atoms with E-state index < -0.39 is 0 Å². The van der Waals surface area contributed by atoms with Gasteiger partial charge >= 0.3 is 0 Å². The molecule has 3 aromatic rings. The maximum atomic E-state index is 12.3. The molecule has 1 heterocycles. The van der Waals surface area contributed by atoms with Gasteiger partial charge in [-0.2, -0.15) is 0 Å². The molecule has 0 saturated heterocycles.